The van der Waals surface area contributed by atoms with Gasteiger partial charge in [0.2, 0.25) is 11.8 Å². The first kappa shape index (κ1) is 18.2. The minimum absolute atomic E-state index is 0.00671. The van der Waals surface area contributed by atoms with Gasteiger partial charge in [-0.05, 0) is 43.9 Å². The van der Waals surface area contributed by atoms with Gasteiger partial charge < -0.3 is 10.2 Å². The van der Waals surface area contributed by atoms with Crippen molar-refractivity contribution < 1.29 is 14.0 Å². The number of nitrogens with zero attached hydrogens (tertiary/aromatic N) is 1. The van der Waals surface area contributed by atoms with Crippen LogP contribution in [0.2, 0.25) is 0 Å². The predicted octanol–water partition coefficient (Wildman–Crippen LogP) is 3.04. The Morgan fingerprint density at radius 3 is 2.46 bits per heavy atom. The fourth-order valence-corrected chi connectivity index (χ4v) is 2.92. The van der Waals surface area contributed by atoms with E-state index in [0.29, 0.717) is 32.5 Å². The van der Waals surface area contributed by atoms with Crippen molar-refractivity contribution in [2.75, 3.05) is 13.1 Å². The molecule has 1 N–H and O–H groups in total. The lowest BCUT2D eigenvalue weighted by atomic mass is 9.95. The third-order valence-corrected chi connectivity index (χ3v) is 4.38. The lowest BCUT2D eigenvalue weighted by molar-refractivity contribution is -0.132. The molecule has 0 aromatic heterocycles. The molecule has 1 aromatic rings. The third-order valence-electron chi connectivity index (χ3n) is 4.38. The average Bonchev–Trinajstić information content (AvgIpc) is 2.60. The maximum atomic E-state index is 12.9. The zero-order valence-electron chi connectivity index (χ0n) is 14.3. The number of amides is 2. The van der Waals surface area contributed by atoms with Crippen molar-refractivity contribution in [2.45, 2.75) is 39.7 Å². The van der Waals surface area contributed by atoms with Gasteiger partial charge in [0.15, 0.2) is 0 Å². The van der Waals surface area contributed by atoms with Gasteiger partial charge in [0.05, 0.1) is 0 Å². The van der Waals surface area contributed by atoms with Crippen LogP contribution in [0.4, 0.5) is 4.39 Å². The SMILES string of the molecule is CC/C=C(\C)C(=O)N1CCC(C(=O)NCc2ccc(F)cc2)CC1. The third kappa shape index (κ3) is 4.91. The van der Waals surface area contributed by atoms with E-state index >= 15 is 0 Å². The summed E-state index contributed by atoms with van der Waals surface area (Å²) in [6.45, 7) is 5.48. The molecular formula is C19H25FN2O2. The summed E-state index contributed by atoms with van der Waals surface area (Å²) in [5, 5.41) is 2.90. The maximum Gasteiger partial charge on any atom is 0.249 e. The Hall–Kier alpha value is -2.17. The monoisotopic (exact) mass is 332 g/mol. The van der Waals surface area contributed by atoms with E-state index in [-0.39, 0.29) is 23.5 Å². The number of piperidine rings is 1. The number of halogens is 1. The molecule has 1 fully saturated rings. The summed E-state index contributed by atoms with van der Waals surface area (Å²) in [6.07, 6.45) is 4.14. The Balaban J connectivity index is 1.79. The molecular weight excluding hydrogens is 307 g/mol. The van der Waals surface area contributed by atoms with Crippen LogP contribution in [0.3, 0.4) is 0 Å². The van der Waals surface area contributed by atoms with E-state index in [4.69, 9.17) is 0 Å². The highest BCUT2D eigenvalue weighted by Crippen LogP contribution is 2.19. The van der Waals surface area contributed by atoms with Gasteiger partial charge in [-0.3, -0.25) is 9.59 Å². The number of benzene rings is 1. The zero-order chi connectivity index (χ0) is 17.5. The fourth-order valence-electron chi connectivity index (χ4n) is 2.92. The van der Waals surface area contributed by atoms with E-state index in [1.807, 2.05) is 24.8 Å². The average molecular weight is 332 g/mol. The molecule has 2 amide bonds. The van der Waals surface area contributed by atoms with E-state index in [2.05, 4.69) is 5.32 Å². The summed E-state index contributed by atoms with van der Waals surface area (Å²) < 4.78 is 12.9. The normalized spacial score (nSPS) is 16.1. The molecule has 1 aliphatic heterocycles. The van der Waals surface area contributed by atoms with E-state index in [1.165, 1.54) is 12.1 Å². The molecule has 1 heterocycles. The highest BCUT2D eigenvalue weighted by Gasteiger charge is 2.27. The Labute approximate surface area is 142 Å². The highest BCUT2D eigenvalue weighted by molar-refractivity contribution is 5.93. The fraction of sp³-hybridized carbons (Fsp3) is 0.474. The van der Waals surface area contributed by atoms with E-state index in [1.54, 1.807) is 12.1 Å². The largest absolute Gasteiger partial charge is 0.352 e. The summed E-state index contributed by atoms with van der Waals surface area (Å²) >= 11 is 0. The van der Waals surface area contributed by atoms with Crippen LogP contribution in [-0.2, 0) is 16.1 Å². The molecule has 130 valence electrons. The Bertz CT molecular complexity index is 602. The number of nitrogens with one attached hydrogen (secondary N) is 1. The second-order valence-electron chi connectivity index (χ2n) is 6.21. The molecule has 0 aliphatic carbocycles. The Kier molecular flexibility index (Phi) is 6.53. The lowest BCUT2D eigenvalue weighted by Gasteiger charge is -2.31. The van der Waals surface area contributed by atoms with Crippen LogP contribution in [0.5, 0.6) is 0 Å². The standard InChI is InChI=1S/C19H25FN2O2/c1-3-4-14(2)19(24)22-11-9-16(10-12-22)18(23)21-13-15-5-7-17(20)8-6-15/h4-8,16H,3,9-13H2,1-2H3,(H,21,23)/b14-4+. The number of rotatable bonds is 5. The summed E-state index contributed by atoms with van der Waals surface area (Å²) in [7, 11) is 0. The predicted molar refractivity (Wildman–Crippen MR) is 91.6 cm³/mol. The molecule has 24 heavy (non-hydrogen) atoms. The molecule has 1 aliphatic rings. The minimum atomic E-state index is -0.283. The van der Waals surface area contributed by atoms with Crippen LogP contribution in [0.25, 0.3) is 0 Å². The maximum absolute atomic E-state index is 12.9. The first-order valence-corrected chi connectivity index (χ1v) is 8.49. The van der Waals surface area contributed by atoms with Gasteiger partial charge in [-0.1, -0.05) is 25.1 Å². The van der Waals surface area contributed by atoms with Crippen molar-refractivity contribution in [3.8, 4) is 0 Å². The lowest BCUT2D eigenvalue weighted by Crippen LogP contribution is -2.43. The van der Waals surface area contributed by atoms with Gasteiger partial charge in [0.25, 0.3) is 0 Å². The number of hydrogen-bond acceptors (Lipinski definition) is 2. The molecule has 1 saturated heterocycles. The van der Waals surface area contributed by atoms with Gasteiger partial charge in [-0.15, -0.1) is 0 Å². The summed E-state index contributed by atoms with van der Waals surface area (Å²) in [4.78, 5) is 26.3. The van der Waals surface area contributed by atoms with E-state index in [0.717, 1.165) is 17.6 Å². The van der Waals surface area contributed by atoms with Gasteiger partial charge in [-0.2, -0.15) is 0 Å². The molecule has 4 nitrogen and oxygen atoms in total. The van der Waals surface area contributed by atoms with Gasteiger partial charge in [-0.25, -0.2) is 4.39 Å². The summed E-state index contributed by atoms with van der Waals surface area (Å²) in [6, 6.07) is 6.11. The van der Waals surface area contributed by atoms with Crippen molar-refractivity contribution in [1.82, 2.24) is 10.2 Å². The first-order valence-electron chi connectivity index (χ1n) is 8.49. The topological polar surface area (TPSA) is 49.4 Å². The second-order valence-corrected chi connectivity index (χ2v) is 6.21. The Morgan fingerprint density at radius 2 is 1.88 bits per heavy atom. The van der Waals surface area contributed by atoms with E-state index < -0.39 is 0 Å². The van der Waals surface area contributed by atoms with Crippen molar-refractivity contribution in [2.24, 2.45) is 5.92 Å². The van der Waals surface area contributed by atoms with Crippen molar-refractivity contribution in [3.05, 3.63) is 47.3 Å². The van der Waals surface area contributed by atoms with Crippen LogP contribution in [0, 0.1) is 11.7 Å². The van der Waals surface area contributed by atoms with Gasteiger partial charge >= 0.3 is 0 Å². The molecule has 0 unspecified atom stereocenters. The number of allylic oxidation sites excluding steroid dienone is 1. The number of likely N-dealkylation sites (tertiary alicyclic amines) is 1. The number of carbonyl (C=O) groups excluding carboxylic acids is 2. The smallest absolute Gasteiger partial charge is 0.249 e. The van der Waals surface area contributed by atoms with Crippen molar-refractivity contribution in [1.29, 1.82) is 0 Å². The number of hydrogen-bond donors (Lipinski definition) is 1. The summed E-state index contributed by atoms with van der Waals surface area (Å²) in [5.74, 6) is -0.270. The summed E-state index contributed by atoms with van der Waals surface area (Å²) in [5.41, 5.74) is 1.65. The molecule has 0 spiro atoms. The molecule has 0 saturated carbocycles. The second kappa shape index (κ2) is 8.62. The minimum Gasteiger partial charge on any atom is -0.352 e. The first-order chi connectivity index (χ1) is 11.5. The van der Waals surface area contributed by atoms with Gasteiger partial charge in [0.1, 0.15) is 5.82 Å². The van der Waals surface area contributed by atoms with Crippen LogP contribution < -0.4 is 5.32 Å². The zero-order valence-corrected chi connectivity index (χ0v) is 14.3. The van der Waals surface area contributed by atoms with Gasteiger partial charge in [0, 0.05) is 31.1 Å². The van der Waals surface area contributed by atoms with Crippen LogP contribution in [-0.4, -0.2) is 29.8 Å². The Morgan fingerprint density at radius 1 is 1.25 bits per heavy atom. The molecule has 5 heteroatoms. The number of carbonyl (C=O) groups is 2. The molecule has 1 aromatic carbocycles. The molecule has 0 radical (unpaired) electrons. The quantitative estimate of drug-likeness (QED) is 0.843. The molecule has 2 rings (SSSR count). The van der Waals surface area contributed by atoms with Crippen molar-refractivity contribution >= 4 is 11.8 Å². The van der Waals surface area contributed by atoms with Crippen molar-refractivity contribution in [3.63, 3.8) is 0 Å². The van der Waals surface area contributed by atoms with Crippen LogP contribution in [0.15, 0.2) is 35.9 Å². The van der Waals surface area contributed by atoms with Crippen LogP contribution >= 0.6 is 0 Å². The van der Waals surface area contributed by atoms with Crippen LogP contribution in [0.1, 0.15) is 38.7 Å². The molecule has 0 atom stereocenters. The highest BCUT2D eigenvalue weighted by atomic mass is 19.1. The van der Waals surface area contributed by atoms with E-state index in [9.17, 15) is 14.0 Å². The molecule has 0 bridgehead atoms.